The van der Waals surface area contributed by atoms with E-state index in [1.54, 1.807) is 13.8 Å². The molecule has 1 aromatic rings. The van der Waals surface area contributed by atoms with Crippen molar-refractivity contribution >= 4 is 14.5 Å². The summed E-state index contributed by atoms with van der Waals surface area (Å²) in [6.45, 7) is 3.38. The number of hydrogen-bond donors (Lipinski definition) is 1. The average Bonchev–Trinajstić information content (AvgIpc) is 2.32. The number of rotatable bonds is 0. The van der Waals surface area contributed by atoms with E-state index in [0.717, 1.165) is 4.44 Å². The molecule has 0 bridgehead atoms. The molecule has 0 amide bonds. The maximum absolute atomic E-state index is 9.26. The third-order valence-corrected chi connectivity index (χ3v) is 2.66. The number of hydrogen-bond acceptors (Lipinski definition) is 1. The molecule has 0 saturated heterocycles. The second-order valence-electron chi connectivity index (χ2n) is 2.79. The van der Waals surface area contributed by atoms with Gasteiger partial charge in [0.05, 0.1) is 0 Å². The van der Waals surface area contributed by atoms with E-state index in [1.165, 1.54) is 0 Å². The van der Waals surface area contributed by atoms with Gasteiger partial charge in [0.15, 0.2) is 0 Å². The van der Waals surface area contributed by atoms with Crippen molar-refractivity contribution in [2.45, 2.75) is 19.4 Å². The van der Waals surface area contributed by atoms with Crippen LogP contribution in [0, 0.1) is 11.8 Å². The molecule has 0 aliphatic heterocycles. The number of aliphatic hydroxyl groups is 1. The van der Waals surface area contributed by atoms with Crippen LogP contribution in [0.15, 0.2) is 17.1 Å². The summed E-state index contributed by atoms with van der Waals surface area (Å²) in [6, 6.07) is 4.01. The summed E-state index contributed by atoms with van der Waals surface area (Å²) < 4.78 is 1.14. The molecule has 1 nitrogen and oxygen atoms in total. The average molecular weight is 213 g/mol. The molecule has 0 unspecified atom stereocenters. The molecule has 0 aliphatic carbocycles. The summed E-state index contributed by atoms with van der Waals surface area (Å²) >= 11 is 0.401. The monoisotopic (exact) mass is 214 g/mol. The Balaban J connectivity index is 2.74. The van der Waals surface area contributed by atoms with Gasteiger partial charge in [0.2, 0.25) is 0 Å². The van der Waals surface area contributed by atoms with Gasteiger partial charge in [0, 0.05) is 0 Å². The van der Waals surface area contributed by atoms with Crippen LogP contribution in [0.3, 0.4) is 0 Å². The van der Waals surface area contributed by atoms with Crippen LogP contribution < -0.4 is 0 Å². The summed E-state index contributed by atoms with van der Waals surface area (Å²) in [5.74, 6) is 5.72. The van der Waals surface area contributed by atoms with Crippen molar-refractivity contribution in [2.75, 3.05) is 0 Å². The first-order valence-corrected chi connectivity index (χ1v) is 5.21. The van der Waals surface area contributed by atoms with Gasteiger partial charge in [0.25, 0.3) is 0 Å². The van der Waals surface area contributed by atoms with Gasteiger partial charge in [-0.05, 0) is 0 Å². The van der Waals surface area contributed by atoms with Crippen LogP contribution in [0.2, 0.25) is 0 Å². The Morgan fingerprint density at radius 3 is 2.73 bits per heavy atom. The Morgan fingerprint density at radius 1 is 1.55 bits per heavy atom. The fraction of sp³-hybridized carbons (Fsp3) is 0.333. The zero-order valence-electron chi connectivity index (χ0n) is 6.59. The minimum absolute atomic E-state index is 0.401. The molecule has 1 N–H and O–H groups in total. The normalized spacial score (nSPS) is 10.5. The van der Waals surface area contributed by atoms with Gasteiger partial charge in [-0.15, -0.1) is 0 Å². The predicted molar refractivity (Wildman–Crippen MR) is 46.6 cm³/mol. The van der Waals surface area contributed by atoms with Crippen LogP contribution in [-0.4, -0.2) is 25.2 Å². The molecule has 0 fully saturated rings. The van der Waals surface area contributed by atoms with E-state index in [2.05, 4.69) is 16.8 Å². The second-order valence-corrected chi connectivity index (χ2v) is 4.77. The Hall–Kier alpha value is -0.481. The van der Waals surface area contributed by atoms with Gasteiger partial charge in [-0.3, -0.25) is 0 Å². The van der Waals surface area contributed by atoms with Crippen molar-refractivity contribution in [3.8, 4) is 11.8 Å². The molecular formula is C9H10OSe. The molecule has 2 heteroatoms. The van der Waals surface area contributed by atoms with E-state index >= 15 is 0 Å². The topological polar surface area (TPSA) is 20.2 Å². The summed E-state index contributed by atoms with van der Waals surface area (Å²) in [6.07, 6.45) is 0. The molecule has 58 valence electrons. The van der Waals surface area contributed by atoms with Gasteiger partial charge >= 0.3 is 72.4 Å². The van der Waals surface area contributed by atoms with E-state index in [0.29, 0.717) is 14.5 Å². The van der Waals surface area contributed by atoms with Crippen molar-refractivity contribution in [2.24, 2.45) is 0 Å². The molecule has 0 spiro atoms. The zero-order valence-corrected chi connectivity index (χ0v) is 8.30. The fourth-order valence-corrected chi connectivity index (χ4v) is 1.76. The summed E-state index contributed by atoms with van der Waals surface area (Å²) in [5.41, 5.74) is -0.862. The molecule has 11 heavy (non-hydrogen) atoms. The Kier molecular flexibility index (Phi) is 2.57. The van der Waals surface area contributed by atoms with Crippen molar-refractivity contribution in [1.82, 2.24) is 0 Å². The third kappa shape index (κ3) is 3.43. The van der Waals surface area contributed by atoms with Crippen LogP contribution in [0.25, 0.3) is 0 Å². The zero-order chi connectivity index (χ0) is 8.32. The second kappa shape index (κ2) is 3.28. The quantitative estimate of drug-likeness (QED) is 0.500. The summed E-state index contributed by atoms with van der Waals surface area (Å²) in [7, 11) is 0. The van der Waals surface area contributed by atoms with Crippen molar-refractivity contribution in [1.29, 1.82) is 0 Å². The van der Waals surface area contributed by atoms with E-state index in [9.17, 15) is 5.11 Å². The Bertz CT molecular complexity index is 269. The van der Waals surface area contributed by atoms with E-state index in [-0.39, 0.29) is 0 Å². The SMILES string of the molecule is CC(C)(O)C#Cc1ccc[se]1. The standard InChI is InChI=1S/C9H10OSe/c1-9(2,10)6-5-8-4-3-7-11-8/h3-4,7,10H,1-2H3. The molecule has 0 saturated carbocycles. The first-order valence-electron chi connectivity index (χ1n) is 3.37. The fourth-order valence-electron chi connectivity index (χ4n) is 0.564. The molecule has 0 aliphatic rings. The Morgan fingerprint density at radius 2 is 2.27 bits per heavy atom. The van der Waals surface area contributed by atoms with Gasteiger partial charge < -0.3 is 0 Å². The molecule has 1 heterocycles. The third-order valence-electron chi connectivity index (χ3n) is 1.01. The van der Waals surface area contributed by atoms with E-state index in [4.69, 9.17) is 0 Å². The molecule has 0 aromatic carbocycles. The van der Waals surface area contributed by atoms with Crippen molar-refractivity contribution < 1.29 is 5.11 Å². The van der Waals surface area contributed by atoms with Crippen molar-refractivity contribution in [3.63, 3.8) is 0 Å². The van der Waals surface area contributed by atoms with Crippen molar-refractivity contribution in [3.05, 3.63) is 21.5 Å². The molecule has 0 radical (unpaired) electrons. The van der Waals surface area contributed by atoms with Crippen LogP contribution >= 0.6 is 0 Å². The Labute approximate surface area is 72.8 Å². The first kappa shape index (κ1) is 8.61. The van der Waals surface area contributed by atoms with Gasteiger partial charge in [-0.2, -0.15) is 0 Å². The molecular weight excluding hydrogens is 203 g/mol. The van der Waals surface area contributed by atoms with Crippen LogP contribution in [0.4, 0.5) is 0 Å². The summed E-state index contributed by atoms with van der Waals surface area (Å²) in [4.78, 5) is 2.11. The molecule has 1 rings (SSSR count). The van der Waals surface area contributed by atoms with E-state index in [1.807, 2.05) is 12.1 Å². The van der Waals surface area contributed by atoms with Crippen LogP contribution in [-0.2, 0) is 0 Å². The molecule has 1 aromatic heterocycles. The first-order chi connectivity index (χ1) is 5.08. The van der Waals surface area contributed by atoms with Gasteiger partial charge in [0.1, 0.15) is 0 Å². The van der Waals surface area contributed by atoms with Crippen LogP contribution in [0.1, 0.15) is 18.3 Å². The predicted octanol–water partition coefficient (Wildman–Crippen LogP) is 0.866. The molecule has 0 atom stereocenters. The van der Waals surface area contributed by atoms with Crippen LogP contribution in [0.5, 0.6) is 0 Å². The maximum atomic E-state index is 9.26. The summed E-state index contributed by atoms with van der Waals surface area (Å²) in [5, 5.41) is 9.26. The van der Waals surface area contributed by atoms with Gasteiger partial charge in [-0.1, -0.05) is 0 Å². The van der Waals surface area contributed by atoms with E-state index < -0.39 is 5.60 Å². The van der Waals surface area contributed by atoms with Gasteiger partial charge in [-0.25, -0.2) is 0 Å². The minimum atomic E-state index is -0.862.